The topological polar surface area (TPSA) is 95.5 Å². The highest BCUT2D eigenvalue weighted by molar-refractivity contribution is 7.84. The summed E-state index contributed by atoms with van der Waals surface area (Å²) in [5.74, 6) is -0.441. The molecule has 112 valence electrons. The highest BCUT2D eigenvalue weighted by atomic mass is 32.2. The summed E-state index contributed by atoms with van der Waals surface area (Å²) in [4.78, 5) is 22.9. The second-order valence-corrected chi connectivity index (χ2v) is 7.12. The fourth-order valence-electron chi connectivity index (χ4n) is 1.23. The van der Waals surface area contributed by atoms with Crippen molar-refractivity contribution in [2.45, 2.75) is 39.7 Å². The number of hydrogen-bond acceptors (Lipinski definition) is 3. The zero-order valence-electron chi connectivity index (χ0n) is 12.2. The molecule has 0 bridgehead atoms. The van der Waals surface area contributed by atoms with Gasteiger partial charge in [-0.15, -0.1) is 0 Å². The molecule has 0 fully saturated rings. The van der Waals surface area contributed by atoms with E-state index in [1.807, 2.05) is 0 Å². The number of nitrogens with one attached hydrogen (secondary N) is 2. The van der Waals surface area contributed by atoms with E-state index in [4.69, 9.17) is 5.11 Å². The summed E-state index contributed by atoms with van der Waals surface area (Å²) in [6.07, 6.45) is 2.23. The number of carboxylic acids is 1. The van der Waals surface area contributed by atoms with Gasteiger partial charge in [-0.05, 0) is 34.1 Å². The van der Waals surface area contributed by atoms with Crippen LogP contribution in [0.3, 0.4) is 0 Å². The molecular weight excluding hydrogens is 268 g/mol. The van der Waals surface area contributed by atoms with Crippen LogP contribution in [0.4, 0.5) is 4.79 Å². The number of amides is 2. The Morgan fingerprint density at radius 3 is 2.16 bits per heavy atom. The monoisotopic (exact) mass is 292 g/mol. The van der Waals surface area contributed by atoms with Crippen LogP contribution in [-0.2, 0) is 15.6 Å². The second kappa shape index (κ2) is 6.88. The lowest BCUT2D eigenvalue weighted by atomic mass is 9.74. The van der Waals surface area contributed by atoms with Crippen molar-refractivity contribution in [1.82, 2.24) is 10.6 Å². The summed E-state index contributed by atoms with van der Waals surface area (Å²) in [6.45, 7) is 6.88. The molecule has 19 heavy (non-hydrogen) atoms. The maximum absolute atomic E-state index is 11.7. The van der Waals surface area contributed by atoms with Gasteiger partial charge >= 0.3 is 12.0 Å². The van der Waals surface area contributed by atoms with Crippen LogP contribution in [0.25, 0.3) is 0 Å². The van der Waals surface area contributed by atoms with Gasteiger partial charge in [0, 0.05) is 29.4 Å². The van der Waals surface area contributed by atoms with Crippen molar-refractivity contribution < 1.29 is 18.9 Å². The Morgan fingerprint density at radius 2 is 1.74 bits per heavy atom. The fraction of sp³-hybridized carbons (Fsp3) is 0.833. The molecule has 0 radical (unpaired) electrons. The predicted molar refractivity (Wildman–Crippen MR) is 75.6 cm³/mol. The van der Waals surface area contributed by atoms with Crippen LogP contribution in [0.1, 0.15) is 34.1 Å². The maximum atomic E-state index is 11.7. The average Bonchev–Trinajstić information content (AvgIpc) is 2.23. The molecule has 6 nitrogen and oxygen atoms in total. The zero-order valence-corrected chi connectivity index (χ0v) is 13.0. The van der Waals surface area contributed by atoms with Crippen LogP contribution in [0.5, 0.6) is 0 Å². The molecule has 0 rings (SSSR count). The van der Waals surface area contributed by atoms with Gasteiger partial charge in [0.25, 0.3) is 0 Å². The Hall–Kier alpha value is -1.11. The second-order valence-electron chi connectivity index (χ2n) is 5.57. The summed E-state index contributed by atoms with van der Waals surface area (Å²) < 4.78 is 10.8. The lowest BCUT2D eigenvalue weighted by molar-refractivity contribution is -0.150. The molecule has 0 saturated carbocycles. The summed E-state index contributed by atoms with van der Waals surface area (Å²) >= 11 is 0. The molecule has 0 aliphatic carbocycles. The maximum Gasteiger partial charge on any atom is 0.315 e. The number of hydrogen-bond donors (Lipinski definition) is 3. The molecular formula is C12H24N2O4S. The van der Waals surface area contributed by atoms with Gasteiger partial charge in [-0.2, -0.15) is 0 Å². The molecule has 0 spiro atoms. The lowest BCUT2D eigenvalue weighted by Gasteiger charge is -2.38. The van der Waals surface area contributed by atoms with Crippen molar-refractivity contribution in [3.05, 3.63) is 0 Å². The third kappa shape index (κ3) is 5.59. The molecule has 0 saturated heterocycles. The van der Waals surface area contributed by atoms with Gasteiger partial charge in [0.1, 0.15) is 0 Å². The van der Waals surface area contributed by atoms with Gasteiger partial charge in [0.2, 0.25) is 0 Å². The molecule has 0 aromatic carbocycles. The first-order valence-electron chi connectivity index (χ1n) is 6.10. The van der Waals surface area contributed by atoms with E-state index in [0.29, 0.717) is 18.7 Å². The normalized spacial score (nSPS) is 13.7. The van der Waals surface area contributed by atoms with Crippen LogP contribution in [0.15, 0.2) is 0 Å². The minimum absolute atomic E-state index is 0.412. The van der Waals surface area contributed by atoms with E-state index < -0.39 is 33.8 Å². The number of carbonyl (C=O) groups is 2. The Labute approximate surface area is 116 Å². The molecule has 0 aromatic rings. The van der Waals surface area contributed by atoms with Crippen LogP contribution < -0.4 is 10.6 Å². The van der Waals surface area contributed by atoms with Crippen molar-refractivity contribution in [2.24, 2.45) is 5.41 Å². The first-order chi connectivity index (χ1) is 8.50. The van der Waals surface area contributed by atoms with Crippen LogP contribution in [0, 0.1) is 5.41 Å². The van der Waals surface area contributed by atoms with E-state index in [0.717, 1.165) is 0 Å². The Morgan fingerprint density at radius 1 is 1.21 bits per heavy atom. The molecule has 7 heteroatoms. The van der Waals surface area contributed by atoms with Crippen molar-refractivity contribution in [3.8, 4) is 0 Å². The van der Waals surface area contributed by atoms with Gasteiger partial charge in [0.05, 0.1) is 11.0 Å². The van der Waals surface area contributed by atoms with Crippen molar-refractivity contribution in [1.29, 1.82) is 0 Å². The van der Waals surface area contributed by atoms with E-state index in [1.165, 1.54) is 0 Å². The first kappa shape index (κ1) is 17.9. The number of rotatable bonds is 7. The average molecular weight is 292 g/mol. The predicted octanol–water partition coefficient (Wildman–Crippen LogP) is 0.944. The lowest BCUT2D eigenvalue weighted by Crippen LogP contribution is -2.59. The minimum atomic E-state index is -1.09. The molecule has 0 aromatic heterocycles. The number of carbonyl (C=O) groups excluding carboxylic acids is 1. The van der Waals surface area contributed by atoms with Gasteiger partial charge in [-0.1, -0.05) is 0 Å². The number of aliphatic carboxylic acids is 1. The van der Waals surface area contributed by atoms with E-state index in [9.17, 15) is 13.8 Å². The molecule has 3 N–H and O–H groups in total. The summed E-state index contributed by atoms with van der Waals surface area (Å²) in [5, 5.41) is 14.4. The van der Waals surface area contributed by atoms with E-state index in [-0.39, 0.29) is 0 Å². The fourth-order valence-corrected chi connectivity index (χ4v) is 1.78. The van der Waals surface area contributed by atoms with Gasteiger partial charge in [0.15, 0.2) is 0 Å². The Bertz CT molecular complexity index is 367. The third-order valence-electron chi connectivity index (χ3n) is 3.42. The summed E-state index contributed by atoms with van der Waals surface area (Å²) in [5.41, 5.74) is -1.98. The van der Waals surface area contributed by atoms with Crippen molar-refractivity contribution in [3.63, 3.8) is 0 Å². The third-order valence-corrected chi connectivity index (χ3v) is 4.28. The van der Waals surface area contributed by atoms with Gasteiger partial charge in [-0.25, -0.2) is 4.79 Å². The quantitative estimate of drug-likeness (QED) is 0.609. The smallest absolute Gasteiger partial charge is 0.315 e. The number of urea groups is 1. The Balaban J connectivity index is 4.32. The minimum Gasteiger partial charge on any atom is -0.481 e. The van der Waals surface area contributed by atoms with Crippen molar-refractivity contribution >= 4 is 22.8 Å². The SMILES string of the molecule is CS(=O)CCCNC(=O)NC(C)(C)C(C)(C)C(=O)O. The molecule has 2 amide bonds. The summed E-state index contributed by atoms with van der Waals surface area (Å²) in [6, 6.07) is -0.416. The highest BCUT2D eigenvalue weighted by Crippen LogP contribution is 2.30. The van der Waals surface area contributed by atoms with Gasteiger partial charge < -0.3 is 15.7 Å². The van der Waals surface area contributed by atoms with E-state index in [1.54, 1.807) is 34.0 Å². The standard InChI is InChI=1S/C12H24N2O4S/c1-11(2,9(15)16)12(3,4)14-10(17)13-7-6-8-19(5)18/h6-8H2,1-5H3,(H,15,16)(H2,13,14,17). The Kier molecular flexibility index (Phi) is 6.48. The largest absolute Gasteiger partial charge is 0.481 e. The highest BCUT2D eigenvalue weighted by Gasteiger charge is 2.44. The van der Waals surface area contributed by atoms with Crippen LogP contribution in [0.2, 0.25) is 0 Å². The molecule has 0 aliphatic rings. The molecule has 0 heterocycles. The summed E-state index contributed by atoms with van der Waals surface area (Å²) in [7, 11) is -0.869. The van der Waals surface area contributed by atoms with E-state index in [2.05, 4.69) is 10.6 Å². The van der Waals surface area contributed by atoms with E-state index >= 15 is 0 Å². The van der Waals surface area contributed by atoms with Gasteiger partial charge in [-0.3, -0.25) is 9.00 Å². The zero-order chi connectivity index (χ0) is 15.3. The van der Waals surface area contributed by atoms with Crippen LogP contribution in [-0.4, -0.2) is 45.4 Å². The molecule has 1 atom stereocenters. The first-order valence-corrected chi connectivity index (χ1v) is 7.83. The molecule has 1 unspecified atom stereocenters. The number of carboxylic acid groups (broad SMARTS) is 1. The van der Waals surface area contributed by atoms with Crippen molar-refractivity contribution in [2.75, 3.05) is 18.6 Å². The van der Waals surface area contributed by atoms with Crippen LogP contribution >= 0.6 is 0 Å². The molecule has 0 aliphatic heterocycles.